The van der Waals surface area contributed by atoms with E-state index in [0.717, 1.165) is 6.54 Å². The lowest BCUT2D eigenvalue weighted by molar-refractivity contribution is 0.869. The summed E-state index contributed by atoms with van der Waals surface area (Å²) in [7, 11) is 0. The van der Waals surface area contributed by atoms with Crippen molar-refractivity contribution in [1.82, 2.24) is 4.57 Å². The maximum Gasteiger partial charge on any atom is 0.0494 e. The molecule has 0 amide bonds. The van der Waals surface area contributed by atoms with Gasteiger partial charge in [0.05, 0.1) is 0 Å². The Labute approximate surface area is 153 Å². The lowest BCUT2D eigenvalue weighted by atomic mass is 10.0. The molecule has 4 aromatic carbocycles. The van der Waals surface area contributed by atoms with E-state index in [1.165, 1.54) is 38.5 Å². The molecular weight excluding hydrogens is 314 g/mol. The highest BCUT2D eigenvalue weighted by Gasteiger charge is 2.11. The standard InChI is InChI=1S/C25H19N/c1-3-9-19(10-4-1)18-26-24-14-8-7-13-22(24)23-17-21(15-16-25(23)26)20-11-5-2-6-12-20/h1-17H,18H2. The van der Waals surface area contributed by atoms with E-state index < -0.39 is 0 Å². The van der Waals surface area contributed by atoms with E-state index in [1.807, 2.05) is 0 Å². The van der Waals surface area contributed by atoms with Gasteiger partial charge in [0.1, 0.15) is 0 Å². The van der Waals surface area contributed by atoms with Crippen molar-refractivity contribution in [3.05, 3.63) is 109 Å². The Balaban J connectivity index is 1.74. The van der Waals surface area contributed by atoms with E-state index in [2.05, 4.69) is 108 Å². The minimum Gasteiger partial charge on any atom is -0.336 e. The highest BCUT2D eigenvalue weighted by atomic mass is 15.0. The smallest absolute Gasteiger partial charge is 0.0494 e. The molecule has 0 saturated heterocycles. The van der Waals surface area contributed by atoms with Crippen LogP contribution in [0.5, 0.6) is 0 Å². The van der Waals surface area contributed by atoms with Crippen LogP contribution in [-0.2, 0) is 6.54 Å². The average Bonchev–Trinajstić information content (AvgIpc) is 3.03. The Morgan fingerprint density at radius 1 is 0.500 bits per heavy atom. The van der Waals surface area contributed by atoms with Crippen LogP contribution in [-0.4, -0.2) is 4.57 Å². The number of fused-ring (bicyclic) bond motifs is 3. The Kier molecular flexibility index (Phi) is 3.57. The number of aromatic nitrogens is 1. The van der Waals surface area contributed by atoms with Gasteiger partial charge in [-0.15, -0.1) is 0 Å². The van der Waals surface area contributed by atoms with Gasteiger partial charge in [-0.25, -0.2) is 0 Å². The van der Waals surface area contributed by atoms with E-state index >= 15 is 0 Å². The first-order valence-electron chi connectivity index (χ1n) is 9.00. The first-order chi connectivity index (χ1) is 12.9. The summed E-state index contributed by atoms with van der Waals surface area (Å²) in [6.45, 7) is 0.884. The van der Waals surface area contributed by atoms with E-state index in [1.54, 1.807) is 0 Å². The predicted molar refractivity (Wildman–Crippen MR) is 110 cm³/mol. The molecule has 5 rings (SSSR count). The second-order valence-electron chi connectivity index (χ2n) is 6.69. The Hall–Kier alpha value is -3.32. The molecule has 0 N–H and O–H groups in total. The number of rotatable bonds is 3. The van der Waals surface area contributed by atoms with Gasteiger partial charge < -0.3 is 4.57 Å². The maximum atomic E-state index is 2.43. The molecule has 0 radical (unpaired) electrons. The van der Waals surface area contributed by atoms with Crippen LogP contribution in [0.15, 0.2) is 103 Å². The fourth-order valence-corrected chi connectivity index (χ4v) is 3.80. The van der Waals surface area contributed by atoms with Gasteiger partial charge in [-0.1, -0.05) is 84.9 Å². The molecule has 1 heterocycles. The molecule has 0 aliphatic carbocycles. The number of benzene rings is 4. The molecule has 1 heteroatoms. The average molecular weight is 333 g/mol. The van der Waals surface area contributed by atoms with Gasteiger partial charge in [-0.3, -0.25) is 0 Å². The van der Waals surface area contributed by atoms with Gasteiger partial charge in [-0.05, 0) is 34.9 Å². The Morgan fingerprint density at radius 2 is 1.15 bits per heavy atom. The third kappa shape index (κ3) is 2.49. The van der Waals surface area contributed by atoms with E-state index in [-0.39, 0.29) is 0 Å². The molecule has 0 aliphatic rings. The van der Waals surface area contributed by atoms with Crippen molar-refractivity contribution in [2.45, 2.75) is 6.54 Å². The number of para-hydroxylation sites is 1. The van der Waals surface area contributed by atoms with Crippen molar-refractivity contribution in [3.8, 4) is 11.1 Å². The molecule has 0 atom stereocenters. The summed E-state index contributed by atoms with van der Waals surface area (Å²) in [5.74, 6) is 0. The van der Waals surface area contributed by atoms with Crippen LogP contribution in [0.1, 0.15) is 5.56 Å². The molecule has 5 aromatic rings. The summed E-state index contributed by atoms with van der Waals surface area (Å²) in [5, 5.41) is 2.63. The SMILES string of the molecule is c1ccc(Cn2c3ccccc3c3cc(-c4ccccc4)ccc32)cc1. The van der Waals surface area contributed by atoms with Crippen molar-refractivity contribution in [2.24, 2.45) is 0 Å². The second kappa shape index (κ2) is 6.20. The highest BCUT2D eigenvalue weighted by Crippen LogP contribution is 2.33. The van der Waals surface area contributed by atoms with Crippen LogP contribution in [0.4, 0.5) is 0 Å². The minimum absolute atomic E-state index is 0.884. The summed E-state index contributed by atoms with van der Waals surface area (Å²) in [6.07, 6.45) is 0. The molecule has 0 aliphatic heterocycles. The summed E-state index contributed by atoms with van der Waals surface area (Å²) in [5.41, 5.74) is 6.42. The van der Waals surface area contributed by atoms with Crippen LogP contribution in [0.2, 0.25) is 0 Å². The Morgan fingerprint density at radius 3 is 1.96 bits per heavy atom. The van der Waals surface area contributed by atoms with Crippen LogP contribution in [0.3, 0.4) is 0 Å². The molecule has 124 valence electrons. The fraction of sp³-hybridized carbons (Fsp3) is 0.0400. The van der Waals surface area contributed by atoms with Crippen molar-refractivity contribution >= 4 is 21.8 Å². The van der Waals surface area contributed by atoms with Gasteiger partial charge in [0.15, 0.2) is 0 Å². The zero-order valence-electron chi connectivity index (χ0n) is 14.5. The largest absolute Gasteiger partial charge is 0.336 e. The number of nitrogens with zero attached hydrogens (tertiary/aromatic N) is 1. The lowest BCUT2D eigenvalue weighted by Gasteiger charge is -2.08. The highest BCUT2D eigenvalue weighted by molar-refractivity contribution is 6.09. The predicted octanol–water partition coefficient (Wildman–Crippen LogP) is 6.51. The van der Waals surface area contributed by atoms with Crippen LogP contribution in [0, 0.1) is 0 Å². The maximum absolute atomic E-state index is 2.43. The summed E-state index contributed by atoms with van der Waals surface area (Å²) < 4.78 is 2.43. The summed E-state index contributed by atoms with van der Waals surface area (Å²) in [4.78, 5) is 0. The Bertz CT molecular complexity index is 1180. The molecule has 0 spiro atoms. The first-order valence-corrected chi connectivity index (χ1v) is 9.00. The van der Waals surface area contributed by atoms with Crippen molar-refractivity contribution in [3.63, 3.8) is 0 Å². The van der Waals surface area contributed by atoms with Crippen LogP contribution >= 0.6 is 0 Å². The zero-order chi connectivity index (χ0) is 17.3. The second-order valence-corrected chi connectivity index (χ2v) is 6.69. The minimum atomic E-state index is 0.884. The molecular formula is C25H19N. The van der Waals surface area contributed by atoms with Crippen LogP contribution < -0.4 is 0 Å². The molecule has 1 nitrogen and oxygen atoms in total. The monoisotopic (exact) mass is 333 g/mol. The quantitative estimate of drug-likeness (QED) is 0.355. The molecule has 0 bridgehead atoms. The molecule has 0 fully saturated rings. The van der Waals surface area contributed by atoms with Gasteiger partial charge >= 0.3 is 0 Å². The third-order valence-electron chi connectivity index (χ3n) is 5.06. The van der Waals surface area contributed by atoms with Gasteiger partial charge in [0.25, 0.3) is 0 Å². The topological polar surface area (TPSA) is 4.93 Å². The number of hydrogen-bond acceptors (Lipinski definition) is 0. The van der Waals surface area contributed by atoms with Crippen LogP contribution in [0.25, 0.3) is 32.9 Å². The third-order valence-corrected chi connectivity index (χ3v) is 5.06. The molecule has 26 heavy (non-hydrogen) atoms. The first kappa shape index (κ1) is 15.0. The normalized spacial score (nSPS) is 11.2. The van der Waals surface area contributed by atoms with E-state index in [4.69, 9.17) is 0 Å². The molecule has 1 aromatic heterocycles. The van der Waals surface area contributed by atoms with Gasteiger partial charge in [0, 0.05) is 28.4 Å². The summed E-state index contributed by atoms with van der Waals surface area (Å²) >= 11 is 0. The van der Waals surface area contributed by atoms with E-state index in [9.17, 15) is 0 Å². The van der Waals surface area contributed by atoms with Crippen molar-refractivity contribution in [2.75, 3.05) is 0 Å². The summed E-state index contributed by atoms with van der Waals surface area (Å²) in [6, 6.07) is 36.8. The lowest BCUT2D eigenvalue weighted by Crippen LogP contribution is -1.98. The van der Waals surface area contributed by atoms with E-state index in [0.29, 0.717) is 0 Å². The van der Waals surface area contributed by atoms with Crippen molar-refractivity contribution in [1.29, 1.82) is 0 Å². The van der Waals surface area contributed by atoms with Gasteiger partial charge in [-0.2, -0.15) is 0 Å². The zero-order valence-corrected chi connectivity index (χ0v) is 14.5. The number of hydrogen-bond donors (Lipinski definition) is 0. The fourth-order valence-electron chi connectivity index (χ4n) is 3.80. The molecule has 0 unspecified atom stereocenters. The van der Waals surface area contributed by atoms with Gasteiger partial charge in [0.2, 0.25) is 0 Å². The molecule has 0 saturated carbocycles. The van der Waals surface area contributed by atoms with Crippen molar-refractivity contribution < 1.29 is 0 Å².